The number of allylic oxidation sites excluding steroid dienone is 1. The quantitative estimate of drug-likeness (QED) is 0.274. The topological polar surface area (TPSA) is 43.6 Å². The molecule has 34 heavy (non-hydrogen) atoms. The van der Waals surface area contributed by atoms with Gasteiger partial charge in [-0.3, -0.25) is 9.97 Å². The molecule has 1 aliphatic rings. The van der Waals surface area contributed by atoms with E-state index in [-0.39, 0.29) is 0 Å². The Balaban J connectivity index is 1.38. The Labute approximate surface area is 197 Å². The highest BCUT2D eigenvalue weighted by atomic mass is 15.1. The van der Waals surface area contributed by atoms with Crippen molar-refractivity contribution in [3.05, 3.63) is 96.3 Å². The van der Waals surface area contributed by atoms with Gasteiger partial charge in [0, 0.05) is 35.8 Å². The van der Waals surface area contributed by atoms with E-state index in [4.69, 9.17) is 4.98 Å². The lowest BCUT2D eigenvalue weighted by Crippen LogP contribution is -1.95. The molecule has 3 aromatic heterocycles. The van der Waals surface area contributed by atoms with Crippen LogP contribution in [0.3, 0.4) is 0 Å². The fraction of sp³-hybridized carbons (Fsp3) is 0.100. The van der Waals surface area contributed by atoms with Gasteiger partial charge < -0.3 is 4.57 Å². The lowest BCUT2D eigenvalue weighted by molar-refractivity contribution is 0.962. The number of aromatic nitrogens is 4. The third kappa shape index (κ3) is 2.82. The van der Waals surface area contributed by atoms with E-state index >= 15 is 0 Å². The normalized spacial score (nSPS) is 13.1. The van der Waals surface area contributed by atoms with Crippen LogP contribution in [0.5, 0.6) is 0 Å². The van der Waals surface area contributed by atoms with Gasteiger partial charge in [-0.05, 0) is 65.4 Å². The third-order valence-electron chi connectivity index (χ3n) is 6.95. The summed E-state index contributed by atoms with van der Waals surface area (Å²) in [7, 11) is 2.09. The number of benzene rings is 3. The Morgan fingerprint density at radius 1 is 0.735 bits per heavy atom. The van der Waals surface area contributed by atoms with Crippen molar-refractivity contribution in [2.24, 2.45) is 7.05 Å². The fourth-order valence-corrected chi connectivity index (χ4v) is 5.24. The van der Waals surface area contributed by atoms with Crippen LogP contribution < -0.4 is 0 Å². The van der Waals surface area contributed by atoms with Crippen molar-refractivity contribution in [3.8, 4) is 22.5 Å². The highest BCUT2D eigenvalue weighted by Gasteiger charge is 2.18. The van der Waals surface area contributed by atoms with Gasteiger partial charge in [-0.15, -0.1) is 0 Å². The molecule has 0 spiro atoms. The SMILES string of the molecule is Cn1c(-c2ccc(-c3ccc4c(c3)C=CCC4)cc2)nc2c3cccnc3c3ncccc3c21. The lowest BCUT2D eigenvalue weighted by atomic mass is 9.93. The summed E-state index contributed by atoms with van der Waals surface area (Å²) in [6.45, 7) is 0. The van der Waals surface area contributed by atoms with Gasteiger partial charge >= 0.3 is 0 Å². The second-order valence-electron chi connectivity index (χ2n) is 8.92. The number of pyridine rings is 2. The number of hydrogen-bond donors (Lipinski definition) is 0. The maximum atomic E-state index is 5.11. The van der Waals surface area contributed by atoms with Crippen molar-refractivity contribution >= 4 is 38.9 Å². The van der Waals surface area contributed by atoms with Gasteiger partial charge in [-0.25, -0.2) is 4.98 Å². The van der Waals surface area contributed by atoms with Gasteiger partial charge in [-0.2, -0.15) is 0 Å². The van der Waals surface area contributed by atoms with Crippen molar-refractivity contribution in [3.63, 3.8) is 0 Å². The molecule has 0 amide bonds. The van der Waals surface area contributed by atoms with Crippen LogP contribution in [0.1, 0.15) is 17.5 Å². The second kappa shape index (κ2) is 7.35. The Kier molecular flexibility index (Phi) is 4.15. The van der Waals surface area contributed by atoms with Crippen LogP contribution in [0.25, 0.3) is 61.4 Å². The molecule has 3 heterocycles. The summed E-state index contributed by atoms with van der Waals surface area (Å²) in [5.74, 6) is 0.941. The van der Waals surface area contributed by atoms with Gasteiger partial charge in [0.25, 0.3) is 0 Å². The van der Waals surface area contributed by atoms with Gasteiger partial charge in [0.2, 0.25) is 0 Å². The maximum absolute atomic E-state index is 5.11. The zero-order chi connectivity index (χ0) is 22.6. The van der Waals surface area contributed by atoms with Crippen molar-refractivity contribution in [1.29, 1.82) is 0 Å². The predicted octanol–water partition coefficient (Wildman–Crippen LogP) is 6.96. The molecule has 0 saturated heterocycles. The molecule has 7 rings (SSSR count). The number of aryl methyl sites for hydroxylation is 2. The molecule has 0 unspecified atom stereocenters. The van der Waals surface area contributed by atoms with Crippen LogP contribution in [0.2, 0.25) is 0 Å². The van der Waals surface area contributed by atoms with E-state index in [2.05, 4.69) is 88.3 Å². The summed E-state index contributed by atoms with van der Waals surface area (Å²) in [5, 5.41) is 2.10. The molecule has 0 atom stereocenters. The standard InChI is InChI=1S/C30H22N4/c1-34-29-25-9-5-17-32-27(25)26-24(8-4-16-31-26)28(29)33-30(34)21-13-10-20(11-14-21)23-15-12-19-6-2-3-7-22(19)18-23/h3-5,7-18H,2,6H2,1H3. The zero-order valence-electron chi connectivity index (χ0n) is 18.9. The average Bonchev–Trinajstić information content (AvgIpc) is 3.26. The smallest absolute Gasteiger partial charge is 0.140 e. The number of nitrogens with zero attached hydrogens (tertiary/aromatic N) is 4. The Bertz CT molecular complexity index is 1760. The number of imidazole rings is 1. The Morgan fingerprint density at radius 3 is 2.26 bits per heavy atom. The third-order valence-corrected chi connectivity index (χ3v) is 6.95. The zero-order valence-corrected chi connectivity index (χ0v) is 18.9. The molecule has 0 radical (unpaired) electrons. The van der Waals surface area contributed by atoms with E-state index in [9.17, 15) is 0 Å². The first-order chi connectivity index (χ1) is 16.8. The lowest BCUT2D eigenvalue weighted by Gasteiger charge is -2.12. The molecule has 4 heteroatoms. The summed E-state index contributed by atoms with van der Waals surface area (Å²) in [6, 6.07) is 23.7. The van der Waals surface area contributed by atoms with E-state index in [1.165, 1.54) is 22.3 Å². The minimum Gasteiger partial charge on any atom is -0.327 e. The molecular formula is C30H22N4. The minimum atomic E-state index is 0.895. The van der Waals surface area contributed by atoms with Crippen LogP contribution in [0, 0.1) is 0 Å². The Morgan fingerprint density at radius 2 is 1.44 bits per heavy atom. The van der Waals surface area contributed by atoms with Crippen LogP contribution in [0.4, 0.5) is 0 Å². The molecule has 0 saturated carbocycles. The maximum Gasteiger partial charge on any atom is 0.140 e. The average molecular weight is 439 g/mol. The summed E-state index contributed by atoms with van der Waals surface area (Å²) in [4.78, 5) is 14.4. The van der Waals surface area contributed by atoms with Crippen molar-refractivity contribution in [2.45, 2.75) is 12.8 Å². The van der Waals surface area contributed by atoms with E-state index in [0.29, 0.717) is 0 Å². The molecule has 0 fully saturated rings. The summed E-state index contributed by atoms with van der Waals surface area (Å²) in [6.07, 6.45) is 10.4. The van der Waals surface area contributed by atoms with Gasteiger partial charge in [0.1, 0.15) is 5.82 Å². The fourth-order valence-electron chi connectivity index (χ4n) is 5.24. The molecule has 0 bridgehead atoms. The first-order valence-electron chi connectivity index (χ1n) is 11.7. The van der Waals surface area contributed by atoms with E-state index < -0.39 is 0 Å². The highest BCUT2D eigenvalue weighted by Crippen LogP contribution is 2.35. The molecule has 0 aliphatic heterocycles. The molecule has 6 aromatic rings. The monoisotopic (exact) mass is 438 g/mol. The van der Waals surface area contributed by atoms with Crippen molar-refractivity contribution in [2.75, 3.05) is 0 Å². The molecule has 1 aliphatic carbocycles. The summed E-state index contributed by atoms with van der Waals surface area (Å²) >= 11 is 0. The summed E-state index contributed by atoms with van der Waals surface area (Å²) < 4.78 is 2.19. The summed E-state index contributed by atoms with van der Waals surface area (Å²) in [5.41, 5.74) is 10.2. The predicted molar refractivity (Wildman–Crippen MR) is 140 cm³/mol. The first kappa shape index (κ1) is 19.2. The van der Waals surface area contributed by atoms with Crippen molar-refractivity contribution < 1.29 is 0 Å². The van der Waals surface area contributed by atoms with E-state index in [1.54, 1.807) is 0 Å². The molecule has 4 nitrogen and oxygen atoms in total. The first-order valence-corrected chi connectivity index (χ1v) is 11.7. The van der Waals surface area contributed by atoms with Crippen LogP contribution in [-0.2, 0) is 13.5 Å². The largest absolute Gasteiger partial charge is 0.327 e. The van der Waals surface area contributed by atoms with Gasteiger partial charge in [0.05, 0.1) is 22.1 Å². The Hall–Kier alpha value is -4.31. The number of hydrogen-bond acceptors (Lipinski definition) is 3. The second-order valence-corrected chi connectivity index (χ2v) is 8.92. The van der Waals surface area contributed by atoms with Crippen molar-refractivity contribution in [1.82, 2.24) is 19.5 Å². The van der Waals surface area contributed by atoms with Gasteiger partial charge in [0.15, 0.2) is 0 Å². The van der Waals surface area contributed by atoms with Crippen LogP contribution >= 0.6 is 0 Å². The van der Waals surface area contributed by atoms with Gasteiger partial charge in [-0.1, -0.05) is 48.6 Å². The minimum absolute atomic E-state index is 0.895. The molecule has 0 N–H and O–H groups in total. The molecule has 162 valence electrons. The van der Waals surface area contributed by atoms with Crippen LogP contribution in [0.15, 0.2) is 85.2 Å². The molecule has 3 aromatic carbocycles. The van der Waals surface area contributed by atoms with E-state index in [1.807, 2.05) is 24.5 Å². The van der Waals surface area contributed by atoms with Crippen LogP contribution in [-0.4, -0.2) is 19.5 Å². The highest BCUT2D eigenvalue weighted by molar-refractivity contribution is 6.21. The number of rotatable bonds is 2. The number of fused-ring (bicyclic) bond motifs is 7. The van der Waals surface area contributed by atoms with E-state index in [0.717, 1.165) is 57.1 Å². The molecular weight excluding hydrogens is 416 g/mol.